The Balaban J connectivity index is 1.91. The molecule has 9 heteroatoms. The van der Waals surface area contributed by atoms with Crippen LogP contribution in [-0.4, -0.2) is 22.2 Å². The molecule has 0 radical (unpaired) electrons. The molecule has 0 unspecified atom stereocenters. The zero-order valence-electron chi connectivity index (χ0n) is 13.9. The summed E-state index contributed by atoms with van der Waals surface area (Å²) in [5.74, 6) is 4.63. The summed E-state index contributed by atoms with van der Waals surface area (Å²) in [4.78, 5) is 20.0. The van der Waals surface area contributed by atoms with Gasteiger partial charge < -0.3 is 4.74 Å². The fourth-order valence-electron chi connectivity index (χ4n) is 1.98. The number of nitrogens with one attached hydrogen (secondary N) is 1. The van der Waals surface area contributed by atoms with E-state index in [1.54, 1.807) is 0 Å². The van der Waals surface area contributed by atoms with Crippen molar-refractivity contribution in [2.24, 2.45) is 0 Å². The second-order valence-electron chi connectivity index (χ2n) is 5.20. The van der Waals surface area contributed by atoms with Gasteiger partial charge >= 0.3 is 6.36 Å². The zero-order valence-corrected chi connectivity index (χ0v) is 13.9. The van der Waals surface area contributed by atoms with Gasteiger partial charge in [0.25, 0.3) is 0 Å². The lowest BCUT2D eigenvalue weighted by molar-refractivity contribution is -0.274. The van der Waals surface area contributed by atoms with Gasteiger partial charge in [0.1, 0.15) is 5.75 Å². The van der Waals surface area contributed by atoms with Gasteiger partial charge in [-0.1, -0.05) is 24.0 Å². The van der Waals surface area contributed by atoms with Crippen LogP contribution in [-0.2, 0) is 17.6 Å². The maximum Gasteiger partial charge on any atom is 0.573 e. The van der Waals surface area contributed by atoms with Crippen LogP contribution in [0.25, 0.3) is 0 Å². The lowest BCUT2D eigenvalue weighted by Gasteiger charge is -2.10. The van der Waals surface area contributed by atoms with Crippen LogP contribution in [0.4, 0.5) is 19.1 Å². The lowest BCUT2D eigenvalue weighted by Crippen LogP contribution is -2.18. The van der Waals surface area contributed by atoms with Crippen molar-refractivity contribution in [1.82, 2.24) is 9.97 Å². The van der Waals surface area contributed by atoms with Crippen LogP contribution in [0.3, 0.4) is 0 Å². The van der Waals surface area contributed by atoms with Crippen molar-refractivity contribution >= 4 is 11.9 Å². The molecule has 0 atom stereocenters. The Labute approximate surface area is 153 Å². The molecular formula is C18H13F3N4O2. The zero-order chi connectivity index (χ0) is 19.7. The first-order valence-corrected chi connectivity index (χ1v) is 7.64. The minimum atomic E-state index is -4.80. The van der Waals surface area contributed by atoms with Crippen molar-refractivity contribution in [3.63, 3.8) is 0 Å². The number of alkyl halides is 3. The summed E-state index contributed by atoms with van der Waals surface area (Å²) in [7, 11) is 0. The molecule has 138 valence electrons. The molecule has 0 saturated heterocycles. The number of halogens is 3. The Morgan fingerprint density at radius 3 is 2.59 bits per heavy atom. The number of rotatable bonds is 5. The molecule has 6 nitrogen and oxygen atoms in total. The summed E-state index contributed by atoms with van der Waals surface area (Å²) in [6, 6.07) is 7.06. The summed E-state index contributed by atoms with van der Waals surface area (Å²) in [6.45, 7) is 0. The van der Waals surface area contributed by atoms with Gasteiger partial charge in [-0.2, -0.15) is 5.26 Å². The number of anilines is 1. The highest BCUT2D eigenvalue weighted by Gasteiger charge is 2.31. The van der Waals surface area contributed by atoms with Crippen LogP contribution in [0.5, 0.6) is 5.75 Å². The second kappa shape index (κ2) is 9.20. The third kappa shape index (κ3) is 7.45. The molecular weight excluding hydrogens is 361 g/mol. The highest BCUT2D eigenvalue weighted by atomic mass is 19.4. The molecule has 1 heterocycles. The van der Waals surface area contributed by atoms with Crippen molar-refractivity contribution in [3.8, 4) is 23.7 Å². The first kappa shape index (κ1) is 19.7. The van der Waals surface area contributed by atoms with E-state index in [9.17, 15) is 18.0 Å². The molecule has 0 bridgehead atoms. The molecule has 1 aromatic carbocycles. The van der Waals surface area contributed by atoms with Gasteiger partial charge in [-0.05, 0) is 17.7 Å². The Bertz CT molecular complexity index is 894. The third-order valence-corrected chi connectivity index (χ3v) is 3.04. The van der Waals surface area contributed by atoms with Crippen molar-refractivity contribution in [2.45, 2.75) is 25.6 Å². The van der Waals surface area contributed by atoms with E-state index in [2.05, 4.69) is 31.9 Å². The average molecular weight is 374 g/mol. The number of hydrogen-bond acceptors (Lipinski definition) is 5. The van der Waals surface area contributed by atoms with Gasteiger partial charge in [0.15, 0.2) is 0 Å². The SMILES string of the molecule is N#CCC#CCc1cnc(NC(=O)Cc2cccc(OC(F)(F)F)c2)nc1. The van der Waals surface area contributed by atoms with Crippen molar-refractivity contribution < 1.29 is 22.7 Å². The quantitative estimate of drug-likeness (QED) is 0.813. The number of carbonyl (C=O) groups is 1. The van der Waals surface area contributed by atoms with Crippen LogP contribution >= 0.6 is 0 Å². The number of aromatic nitrogens is 2. The fraction of sp³-hybridized carbons (Fsp3) is 0.222. The lowest BCUT2D eigenvalue weighted by atomic mass is 10.1. The number of nitrogens with zero attached hydrogens (tertiary/aromatic N) is 3. The number of amides is 1. The van der Waals surface area contributed by atoms with E-state index in [1.165, 1.54) is 24.5 Å². The highest BCUT2D eigenvalue weighted by molar-refractivity contribution is 5.90. The Hall–Kier alpha value is -3.59. The number of benzene rings is 1. The maximum atomic E-state index is 12.2. The monoisotopic (exact) mass is 374 g/mol. The first-order chi connectivity index (χ1) is 12.9. The normalized spacial score (nSPS) is 10.3. The average Bonchev–Trinajstić information content (AvgIpc) is 2.59. The molecule has 0 fully saturated rings. The van der Waals surface area contributed by atoms with E-state index in [0.717, 1.165) is 17.7 Å². The van der Waals surface area contributed by atoms with E-state index in [4.69, 9.17) is 5.26 Å². The predicted molar refractivity (Wildman–Crippen MR) is 89.2 cm³/mol. The molecule has 27 heavy (non-hydrogen) atoms. The Kier molecular flexibility index (Phi) is 6.73. The van der Waals surface area contributed by atoms with Gasteiger partial charge in [-0.3, -0.25) is 10.1 Å². The molecule has 0 spiro atoms. The van der Waals surface area contributed by atoms with Crippen molar-refractivity contribution in [3.05, 3.63) is 47.8 Å². The predicted octanol–water partition coefficient (Wildman–Crippen LogP) is 3.02. The van der Waals surface area contributed by atoms with Gasteiger partial charge in [-0.15, -0.1) is 13.2 Å². The maximum absolute atomic E-state index is 12.2. The molecule has 1 amide bonds. The smallest absolute Gasteiger partial charge is 0.406 e. The molecule has 1 N–H and O–H groups in total. The third-order valence-electron chi connectivity index (χ3n) is 3.04. The van der Waals surface area contributed by atoms with E-state index in [0.29, 0.717) is 12.0 Å². The van der Waals surface area contributed by atoms with Crippen LogP contribution in [0.2, 0.25) is 0 Å². The molecule has 2 rings (SSSR count). The first-order valence-electron chi connectivity index (χ1n) is 7.64. The summed E-state index contributed by atoms with van der Waals surface area (Å²) < 4.78 is 40.5. The van der Waals surface area contributed by atoms with Crippen molar-refractivity contribution in [1.29, 1.82) is 5.26 Å². The molecule has 2 aromatic rings. The number of carbonyl (C=O) groups excluding carboxylic acids is 1. The number of hydrogen-bond donors (Lipinski definition) is 1. The largest absolute Gasteiger partial charge is 0.573 e. The fourth-order valence-corrected chi connectivity index (χ4v) is 1.98. The van der Waals surface area contributed by atoms with E-state index >= 15 is 0 Å². The molecule has 0 aliphatic heterocycles. The highest BCUT2D eigenvalue weighted by Crippen LogP contribution is 2.23. The van der Waals surface area contributed by atoms with Gasteiger partial charge in [0.05, 0.1) is 18.9 Å². The number of ether oxygens (including phenoxy) is 1. The number of nitriles is 1. The van der Waals surface area contributed by atoms with Crippen molar-refractivity contribution in [2.75, 3.05) is 5.32 Å². The molecule has 1 aromatic heterocycles. The van der Waals surface area contributed by atoms with Crippen LogP contribution in [0, 0.1) is 23.2 Å². The summed E-state index contributed by atoms with van der Waals surface area (Å²) in [5, 5.41) is 10.8. The topological polar surface area (TPSA) is 87.9 Å². The minimum absolute atomic E-state index is 0.0661. The van der Waals surface area contributed by atoms with Crippen LogP contribution < -0.4 is 10.1 Å². The van der Waals surface area contributed by atoms with Gasteiger partial charge in [0, 0.05) is 24.4 Å². The van der Waals surface area contributed by atoms with Crippen LogP contribution in [0.15, 0.2) is 36.7 Å². The summed E-state index contributed by atoms with van der Waals surface area (Å²) >= 11 is 0. The van der Waals surface area contributed by atoms with Gasteiger partial charge in [-0.25, -0.2) is 9.97 Å². The molecule has 0 aliphatic rings. The Morgan fingerprint density at radius 2 is 1.93 bits per heavy atom. The molecule has 0 saturated carbocycles. The second-order valence-corrected chi connectivity index (χ2v) is 5.20. The van der Waals surface area contributed by atoms with E-state index < -0.39 is 18.0 Å². The van der Waals surface area contributed by atoms with E-state index in [-0.39, 0.29) is 18.8 Å². The van der Waals surface area contributed by atoms with E-state index in [1.807, 2.05) is 6.07 Å². The summed E-state index contributed by atoms with van der Waals surface area (Å²) in [6.07, 6.45) is -1.47. The Morgan fingerprint density at radius 1 is 1.19 bits per heavy atom. The van der Waals surface area contributed by atoms with Crippen LogP contribution in [0.1, 0.15) is 17.5 Å². The van der Waals surface area contributed by atoms with Gasteiger partial charge in [0.2, 0.25) is 11.9 Å². The minimum Gasteiger partial charge on any atom is -0.406 e. The standard InChI is InChI=1S/C18H13F3N4O2/c19-18(20,21)27-15-7-4-6-13(9-15)10-16(26)25-17-23-11-14(12-24-17)5-2-1-3-8-22/h4,6-7,9,11-12H,3,5,10H2,(H,23,24,25,26). The summed E-state index contributed by atoms with van der Waals surface area (Å²) in [5.41, 5.74) is 1.06. The molecule has 0 aliphatic carbocycles.